The van der Waals surface area contributed by atoms with Crippen molar-refractivity contribution in [3.8, 4) is 11.1 Å². The Balaban J connectivity index is 1.40. The van der Waals surface area contributed by atoms with Gasteiger partial charge < -0.3 is 25.4 Å². The molecule has 0 radical (unpaired) electrons. The molecule has 0 amide bonds. The summed E-state index contributed by atoms with van der Waals surface area (Å²) in [6, 6.07) is 12.4. The maximum absolute atomic E-state index is 6.54. The van der Waals surface area contributed by atoms with E-state index in [1.165, 1.54) is 11.1 Å². The van der Waals surface area contributed by atoms with Crippen LogP contribution in [0.1, 0.15) is 22.6 Å². The molecular formula is C26H31Cl2N5O2. The van der Waals surface area contributed by atoms with E-state index in [0.29, 0.717) is 50.5 Å². The molecule has 3 N–H and O–H groups in total. The average Bonchev–Trinajstić information content (AvgIpc) is 2.86. The van der Waals surface area contributed by atoms with Crippen LogP contribution in [0.25, 0.3) is 11.1 Å². The summed E-state index contributed by atoms with van der Waals surface area (Å²) in [4.78, 5) is 11.2. The van der Waals surface area contributed by atoms with Crippen molar-refractivity contribution in [3.63, 3.8) is 0 Å². The fourth-order valence-corrected chi connectivity index (χ4v) is 4.84. The third-order valence-electron chi connectivity index (χ3n) is 5.93. The number of anilines is 1. The molecule has 186 valence electrons. The topological polar surface area (TPSA) is 85.5 Å². The van der Waals surface area contributed by atoms with Crippen molar-refractivity contribution in [2.45, 2.75) is 12.5 Å². The van der Waals surface area contributed by atoms with Crippen LogP contribution in [-0.4, -0.2) is 68.0 Å². The molecule has 2 aromatic carbocycles. The predicted molar refractivity (Wildman–Crippen MR) is 141 cm³/mol. The number of ether oxygens (including phenoxy) is 2. The van der Waals surface area contributed by atoms with Crippen LogP contribution < -0.4 is 11.1 Å². The van der Waals surface area contributed by atoms with E-state index < -0.39 is 0 Å². The van der Waals surface area contributed by atoms with Crippen LogP contribution in [0.5, 0.6) is 0 Å². The molecule has 0 fully saturated rings. The summed E-state index contributed by atoms with van der Waals surface area (Å²) in [5, 5.41) is 4.57. The SMILES string of the molecule is CN1Cc2c(Cl)cc(Cl)cc2[C@H](c2cccc(-c3cnc(NCCOCCOCCN)nc3)c2)C1. The number of hydrogen-bond donors (Lipinski definition) is 2. The first kappa shape index (κ1) is 25.8. The quantitative estimate of drug-likeness (QED) is 0.365. The zero-order valence-corrected chi connectivity index (χ0v) is 21.4. The minimum atomic E-state index is 0.183. The van der Waals surface area contributed by atoms with Gasteiger partial charge in [0.25, 0.3) is 0 Å². The normalized spacial score (nSPS) is 15.7. The highest BCUT2D eigenvalue weighted by atomic mass is 35.5. The van der Waals surface area contributed by atoms with Gasteiger partial charge in [-0.05, 0) is 41.4 Å². The molecule has 1 aromatic heterocycles. The average molecular weight is 516 g/mol. The van der Waals surface area contributed by atoms with Crippen LogP contribution in [0.4, 0.5) is 5.95 Å². The van der Waals surface area contributed by atoms with Crippen LogP contribution in [0.15, 0.2) is 48.8 Å². The van der Waals surface area contributed by atoms with Gasteiger partial charge in [0.1, 0.15) is 0 Å². The molecule has 35 heavy (non-hydrogen) atoms. The van der Waals surface area contributed by atoms with Crippen LogP contribution in [0, 0.1) is 0 Å². The summed E-state index contributed by atoms with van der Waals surface area (Å²) < 4.78 is 10.8. The van der Waals surface area contributed by atoms with Gasteiger partial charge in [-0.15, -0.1) is 0 Å². The molecule has 0 unspecified atom stereocenters. The van der Waals surface area contributed by atoms with Crippen molar-refractivity contribution in [1.29, 1.82) is 0 Å². The number of likely N-dealkylation sites (N-methyl/N-ethyl adjacent to an activating group) is 1. The summed E-state index contributed by atoms with van der Waals surface area (Å²) in [5.41, 5.74) is 11.0. The number of nitrogens with zero attached hydrogens (tertiary/aromatic N) is 3. The lowest BCUT2D eigenvalue weighted by molar-refractivity contribution is 0.0547. The number of aromatic nitrogens is 2. The molecule has 1 atom stereocenters. The van der Waals surface area contributed by atoms with Crippen molar-refractivity contribution >= 4 is 29.2 Å². The van der Waals surface area contributed by atoms with E-state index in [1.54, 1.807) is 0 Å². The molecule has 3 aromatic rings. The van der Waals surface area contributed by atoms with Gasteiger partial charge in [0.2, 0.25) is 5.95 Å². The minimum Gasteiger partial charge on any atom is -0.378 e. The Kier molecular flexibility index (Phi) is 9.31. The number of rotatable bonds is 11. The molecule has 4 rings (SSSR count). The van der Waals surface area contributed by atoms with Crippen molar-refractivity contribution in [1.82, 2.24) is 14.9 Å². The van der Waals surface area contributed by atoms with E-state index in [-0.39, 0.29) is 5.92 Å². The fraction of sp³-hybridized carbons (Fsp3) is 0.385. The van der Waals surface area contributed by atoms with Gasteiger partial charge in [-0.2, -0.15) is 0 Å². The molecule has 9 heteroatoms. The Morgan fingerprint density at radius 1 is 1.03 bits per heavy atom. The van der Waals surface area contributed by atoms with Crippen molar-refractivity contribution < 1.29 is 9.47 Å². The highest BCUT2D eigenvalue weighted by molar-refractivity contribution is 6.35. The zero-order valence-electron chi connectivity index (χ0n) is 19.8. The first-order chi connectivity index (χ1) is 17.0. The monoisotopic (exact) mass is 515 g/mol. The van der Waals surface area contributed by atoms with Crippen LogP contribution in [0.2, 0.25) is 10.0 Å². The second-order valence-corrected chi connectivity index (χ2v) is 9.41. The van der Waals surface area contributed by atoms with E-state index in [9.17, 15) is 0 Å². The van der Waals surface area contributed by atoms with E-state index in [4.69, 9.17) is 38.4 Å². The second-order valence-electron chi connectivity index (χ2n) is 8.57. The Bertz CT molecular complexity index is 1110. The first-order valence-corrected chi connectivity index (χ1v) is 12.5. The van der Waals surface area contributed by atoms with E-state index in [2.05, 4.69) is 51.5 Å². The van der Waals surface area contributed by atoms with E-state index in [0.717, 1.165) is 34.8 Å². The van der Waals surface area contributed by atoms with E-state index in [1.807, 2.05) is 24.5 Å². The Morgan fingerprint density at radius 2 is 1.80 bits per heavy atom. The molecule has 0 spiro atoms. The van der Waals surface area contributed by atoms with Gasteiger partial charge >= 0.3 is 0 Å². The third-order valence-corrected chi connectivity index (χ3v) is 6.49. The summed E-state index contributed by atoms with van der Waals surface area (Å²) >= 11 is 12.9. The molecule has 1 aliphatic heterocycles. The number of halogens is 2. The Labute approximate surface area is 216 Å². The molecule has 2 heterocycles. The summed E-state index contributed by atoms with van der Waals surface area (Å²) in [6.07, 6.45) is 3.68. The molecular weight excluding hydrogens is 485 g/mol. The number of benzene rings is 2. The van der Waals surface area contributed by atoms with Gasteiger partial charge in [-0.25, -0.2) is 9.97 Å². The van der Waals surface area contributed by atoms with Gasteiger partial charge in [-0.3, -0.25) is 0 Å². The van der Waals surface area contributed by atoms with E-state index >= 15 is 0 Å². The highest BCUT2D eigenvalue weighted by Gasteiger charge is 2.27. The molecule has 0 aliphatic carbocycles. The summed E-state index contributed by atoms with van der Waals surface area (Å²) in [5.74, 6) is 0.752. The summed E-state index contributed by atoms with van der Waals surface area (Å²) in [6.45, 7) is 5.04. The maximum Gasteiger partial charge on any atom is 0.222 e. The largest absolute Gasteiger partial charge is 0.378 e. The Morgan fingerprint density at radius 3 is 2.57 bits per heavy atom. The third kappa shape index (κ3) is 6.91. The van der Waals surface area contributed by atoms with Crippen molar-refractivity contribution in [2.75, 3.05) is 58.4 Å². The van der Waals surface area contributed by atoms with Gasteiger partial charge in [0, 0.05) is 60.1 Å². The second kappa shape index (κ2) is 12.6. The molecule has 0 saturated carbocycles. The minimum absolute atomic E-state index is 0.183. The van der Waals surface area contributed by atoms with Crippen molar-refractivity contribution in [2.24, 2.45) is 5.73 Å². The zero-order chi connectivity index (χ0) is 24.6. The standard InChI is InChI=1S/C26H31Cl2N5O2/c1-33-16-23(22-12-21(27)13-25(28)24(22)17-33)19-4-2-3-18(11-19)20-14-31-26(32-15-20)30-6-8-35-10-9-34-7-5-29/h2-4,11-15,23H,5-10,16-17,29H2,1H3,(H,30,31,32)/t23-/m0/s1. The number of hydrogen-bond acceptors (Lipinski definition) is 7. The van der Waals surface area contributed by atoms with Crippen LogP contribution in [0.3, 0.4) is 0 Å². The lowest BCUT2D eigenvalue weighted by Gasteiger charge is -2.33. The predicted octanol–water partition coefficient (Wildman–Crippen LogP) is 4.43. The van der Waals surface area contributed by atoms with Gasteiger partial charge in [0.15, 0.2) is 0 Å². The lowest BCUT2D eigenvalue weighted by atomic mass is 9.84. The van der Waals surface area contributed by atoms with Crippen LogP contribution in [-0.2, 0) is 16.0 Å². The van der Waals surface area contributed by atoms with Gasteiger partial charge in [-0.1, -0.05) is 47.5 Å². The number of fused-ring (bicyclic) bond motifs is 1. The van der Waals surface area contributed by atoms with Crippen molar-refractivity contribution in [3.05, 3.63) is 75.5 Å². The maximum atomic E-state index is 6.54. The fourth-order valence-electron chi connectivity index (χ4n) is 4.27. The molecule has 0 bridgehead atoms. The first-order valence-electron chi connectivity index (χ1n) is 11.7. The lowest BCUT2D eigenvalue weighted by Crippen LogP contribution is -2.31. The van der Waals surface area contributed by atoms with Crippen LogP contribution >= 0.6 is 23.2 Å². The number of nitrogens with one attached hydrogen (secondary N) is 1. The Hall–Kier alpha value is -2.26. The molecule has 1 aliphatic rings. The molecule has 7 nitrogen and oxygen atoms in total. The molecule has 0 saturated heterocycles. The number of nitrogens with two attached hydrogens (primary N) is 1. The summed E-state index contributed by atoms with van der Waals surface area (Å²) in [7, 11) is 2.12. The smallest absolute Gasteiger partial charge is 0.222 e. The highest BCUT2D eigenvalue weighted by Crippen LogP contribution is 2.39. The van der Waals surface area contributed by atoms with Gasteiger partial charge in [0.05, 0.1) is 26.4 Å².